The first-order valence-corrected chi connectivity index (χ1v) is 11.5. The smallest absolute Gasteiger partial charge is 0.230 e. The van der Waals surface area contributed by atoms with E-state index in [1.165, 1.54) is 16.7 Å². The van der Waals surface area contributed by atoms with Gasteiger partial charge in [0.05, 0.1) is 12.4 Å². The Hall–Kier alpha value is -1.98. The third-order valence-corrected chi connectivity index (χ3v) is 6.48. The Bertz CT molecular complexity index is 768. The fraction of sp³-hybridized carbons (Fsp3) is 0.458. The molecule has 0 unspecified atom stereocenters. The van der Waals surface area contributed by atoms with Crippen molar-refractivity contribution >= 4 is 17.7 Å². The minimum absolute atomic E-state index is 0.0692. The molecular formula is C24H31NO3S. The molecule has 1 amide bonds. The minimum atomic E-state index is -0.0692. The third kappa shape index (κ3) is 6.25. The van der Waals surface area contributed by atoms with Crippen molar-refractivity contribution in [3.05, 3.63) is 65.2 Å². The highest BCUT2D eigenvalue weighted by molar-refractivity contribution is 7.99. The molecule has 0 radical (unpaired) electrons. The van der Waals surface area contributed by atoms with Crippen LogP contribution in [-0.2, 0) is 20.7 Å². The Balaban J connectivity index is 1.54. The van der Waals surface area contributed by atoms with Crippen molar-refractivity contribution in [2.45, 2.75) is 37.9 Å². The van der Waals surface area contributed by atoms with E-state index in [0.717, 1.165) is 37.6 Å². The molecule has 156 valence electrons. The minimum Gasteiger partial charge on any atom is -0.494 e. The van der Waals surface area contributed by atoms with Gasteiger partial charge in [0.15, 0.2) is 0 Å². The molecule has 0 spiro atoms. The molecule has 1 heterocycles. The van der Waals surface area contributed by atoms with E-state index in [2.05, 4.69) is 48.6 Å². The second-order valence-electron chi connectivity index (χ2n) is 7.61. The van der Waals surface area contributed by atoms with Crippen molar-refractivity contribution < 1.29 is 14.3 Å². The Labute approximate surface area is 178 Å². The Kier molecular flexibility index (Phi) is 8.01. The van der Waals surface area contributed by atoms with Gasteiger partial charge in [-0.15, -0.1) is 11.8 Å². The van der Waals surface area contributed by atoms with E-state index in [4.69, 9.17) is 9.47 Å². The number of rotatable bonds is 9. The van der Waals surface area contributed by atoms with E-state index in [9.17, 15) is 4.79 Å². The summed E-state index contributed by atoms with van der Waals surface area (Å²) in [5.41, 5.74) is 3.69. The van der Waals surface area contributed by atoms with Gasteiger partial charge in [0.1, 0.15) is 5.75 Å². The summed E-state index contributed by atoms with van der Waals surface area (Å²) >= 11 is 1.66. The molecule has 4 nitrogen and oxygen atoms in total. The van der Waals surface area contributed by atoms with Gasteiger partial charge in [-0.05, 0) is 49.9 Å². The van der Waals surface area contributed by atoms with Crippen LogP contribution in [0.3, 0.4) is 0 Å². The lowest BCUT2D eigenvalue weighted by Gasteiger charge is -2.38. The summed E-state index contributed by atoms with van der Waals surface area (Å²) in [4.78, 5) is 12.5. The predicted molar refractivity (Wildman–Crippen MR) is 120 cm³/mol. The molecule has 0 aliphatic carbocycles. The van der Waals surface area contributed by atoms with Gasteiger partial charge in [0.25, 0.3) is 0 Å². The fourth-order valence-electron chi connectivity index (χ4n) is 3.67. The summed E-state index contributed by atoms with van der Waals surface area (Å²) < 4.78 is 11.2. The van der Waals surface area contributed by atoms with Crippen LogP contribution >= 0.6 is 11.8 Å². The monoisotopic (exact) mass is 413 g/mol. The molecule has 1 saturated heterocycles. The number of amides is 1. The Morgan fingerprint density at radius 1 is 1.10 bits per heavy atom. The average molecular weight is 414 g/mol. The van der Waals surface area contributed by atoms with Crippen LogP contribution in [0, 0.1) is 6.92 Å². The van der Waals surface area contributed by atoms with Crippen LogP contribution < -0.4 is 10.1 Å². The molecule has 29 heavy (non-hydrogen) atoms. The number of ether oxygens (including phenoxy) is 2. The second kappa shape index (κ2) is 10.7. The van der Waals surface area contributed by atoms with E-state index in [-0.39, 0.29) is 11.3 Å². The van der Waals surface area contributed by atoms with Crippen molar-refractivity contribution in [3.63, 3.8) is 0 Å². The van der Waals surface area contributed by atoms with E-state index < -0.39 is 0 Å². The molecule has 1 aliphatic heterocycles. The zero-order valence-corrected chi connectivity index (χ0v) is 18.2. The van der Waals surface area contributed by atoms with Crippen LogP contribution in [0.15, 0.2) is 48.5 Å². The van der Waals surface area contributed by atoms with Crippen LogP contribution in [0.5, 0.6) is 5.75 Å². The van der Waals surface area contributed by atoms with Crippen LogP contribution in [0.25, 0.3) is 0 Å². The molecule has 0 aromatic heterocycles. The summed E-state index contributed by atoms with van der Waals surface area (Å²) in [6, 6.07) is 16.8. The zero-order valence-electron chi connectivity index (χ0n) is 17.4. The van der Waals surface area contributed by atoms with Gasteiger partial charge in [0, 0.05) is 30.9 Å². The van der Waals surface area contributed by atoms with Crippen LogP contribution in [0.1, 0.15) is 36.5 Å². The highest BCUT2D eigenvalue weighted by atomic mass is 32.2. The molecule has 0 saturated carbocycles. The maximum Gasteiger partial charge on any atom is 0.230 e. The van der Waals surface area contributed by atoms with Gasteiger partial charge in [-0.1, -0.05) is 42.0 Å². The van der Waals surface area contributed by atoms with E-state index in [1.807, 2.05) is 19.1 Å². The summed E-state index contributed by atoms with van der Waals surface area (Å²) in [6.45, 7) is 6.83. The van der Waals surface area contributed by atoms with Crippen LogP contribution in [-0.4, -0.2) is 38.0 Å². The van der Waals surface area contributed by atoms with Crippen molar-refractivity contribution in [2.75, 3.05) is 32.1 Å². The van der Waals surface area contributed by atoms with Gasteiger partial charge in [0.2, 0.25) is 5.91 Å². The first kappa shape index (κ1) is 21.7. The second-order valence-corrected chi connectivity index (χ2v) is 8.59. The summed E-state index contributed by atoms with van der Waals surface area (Å²) in [7, 11) is 0. The van der Waals surface area contributed by atoms with Crippen molar-refractivity contribution in [1.29, 1.82) is 0 Å². The standard InChI is InChI=1S/C24H31NO3S/c1-3-28-22-10-8-21(9-11-22)24(12-14-27-15-13-24)18-25-23(26)17-29-16-20-6-4-19(2)5-7-20/h4-11H,3,12-18H2,1-2H3,(H,25,26). The molecule has 1 N–H and O–H groups in total. The topological polar surface area (TPSA) is 47.6 Å². The summed E-state index contributed by atoms with van der Waals surface area (Å²) in [6.07, 6.45) is 1.83. The first-order valence-electron chi connectivity index (χ1n) is 10.3. The molecule has 5 heteroatoms. The molecule has 2 aromatic carbocycles. The fourth-order valence-corrected chi connectivity index (χ4v) is 4.48. The number of aryl methyl sites for hydroxylation is 1. The highest BCUT2D eigenvalue weighted by Crippen LogP contribution is 2.35. The van der Waals surface area contributed by atoms with Crippen molar-refractivity contribution in [1.82, 2.24) is 5.32 Å². The number of nitrogens with one attached hydrogen (secondary N) is 1. The van der Waals surface area contributed by atoms with Gasteiger partial charge in [-0.25, -0.2) is 0 Å². The lowest BCUT2D eigenvalue weighted by atomic mass is 9.74. The molecule has 2 aromatic rings. The van der Waals surface area contributed by atoms with Crippen LogP contribution in [0.2, 0.25) is 0 Å². The van der Waals surface area contributed by atoms with Crippen molar-refractivity contribution in [3.8, 4) is 5.75 Å². The SMILES string of the molecule is CCOc1ccc(C2(CNC(=O)CSCc3ccc(C)cc3)CCOCC2)cc1. The maximum absolute atomic E-state index is 12.5. The lowest BCUT2D eigenvalue weighted by Crippen LogP contribution is -2.45. The largest absolute Gasteiger partial charge is 0.494 e. The number of carbonyl (C=O) groups is 1. The van der Waals surface area contributed by atoms with Gasteiger partial charge in [-0.3, -0.25) is 4.79 Å². The van der Waals surface area contributed by atoms with E-state index >= 15 is 0 Å². The normalized spacial score (nSPS) is 15.7. The number of hydrogen-bond donors (Lipinski definition) is 1. The zero-order chi connectivity index (χ0) is 20.5. The first-order chi connectivity index (χ1) is 14.1. The highest BCUT2D eigenvalue weighted by Gasteiger charge is 2.34. The van der Waals surface area contributed by atoms with E-state index in [1.54, 1.807) is 11.8 Å². The van der Waals surface area contributed by atoms with Gasteiger partial charge >= 0.3 is 0 Å². The number of carbonyl (C=O) groups excluding carboxylic acids is 1. The summed E-state index contributed by atoms with van der Waals surface area (Å²) in [5.74, 6) is 2.31. The average Bonchev–Trinajstić information content (AvgIpc) is 2.75. The van der Waals surface area contributed by atoms with Crippen LogP contribution in [0.4, 0.5) is 0 Å². The maximum atomic E-state index is 12.5. The molecule has 0 bridgehead atoms. The lowest BCUT2D eigenvalue weighted by molar-refractivity contribution is -0.119. The molecular weight excluding hydrogens is 382 g/mol. The van der Waals surface area contributed by atoms with Gasteiger partial charge in [-0.2, -0.15) is 0 Å². The number of hydrogen-bond acceptors (Lipinski definition) is 4. The quantitative estimate of drug-likeness (QED) is 0.658. The molecule has 0 atom stereocenters. The van der Waals surface area contributed by atoms with E-state index in [0.29, 0.717) is 18.9 Å². The third-order valence-electron chi connectivity index (χ3n) is 5.47. The number of benzene rings is 2. The van der Waals surface area contributed by atoms with Crippen molar-refractivity contribution in [2.24, 2.45) is 0 Å². The molecule has 1 aliphatic rings. The number of thioether (sulfide) groups is 1. The predicted octanol–water partition coefficient (Wildman–Crippen LogP) is 4.49. The van der Waals surface area contributed by atoms with Gasteiger partial charge < -0.3 is 14.8 Å². The molecule has 1 fully saturated rings. The Morgan fingerprint density at radius 3 is 2.45 bits per heavy atom. The molecule has 3 rings (SSSR count). The summed E-state index contributed by atoms with van der Waals surface area (Å²) in [5, 5.41) is 3.18. The Morgan fingerprint density at radius 2 is 1.79 bits per heavy atom.